The average Bonchev–Trinajstić information content (AvgIpc) is 2.84. The second-order valence-electron chi connectivity index (χ2n) is 5.01. The van der Waals surface area contributed by atoms with E-state index in [-0.39, 0.29) is 0 Å². The zero-order valence-corrected chi connectivity index (χ0v) is 11.9. The fourth-order valence-electron chi connectivity index (χ4n) is 2.40. The summed E-state index contributed by atoms with van der Waals surface area (Å²) in [6, 6.07) is 5.79. The van der Waals surface area contributed by atoms with Crippen molar-refractivity contribution in [2.45, 2.75) is 32.6 Å². The van der Waals surface area contributed by atoms with E-state index in [0.29, 0.717) is 0 Å². The lowest BCUT2D eigenvalue weighted by molar-refractivity contribution is 0.278. The van der Waals surface area contributed by atoms with Crippen LogP contribution in [0.5, 0.6) is 5.75 Å². The quantitative estimate of drug-likeness (QED) is 0.725. The number of hydrogen-bond donors (Lipinski definition) is 0. The Balaban J connectivity index is 1.62. The highest BCUT2D eigenvalue weighted by Gasteiger charge is 2.10. The highest BCUT2D eigenvalue weighted by atomic mass is 35.5. The topological polar surface area (TPSA) is 12.5 Å². The first kappa shape index (κ1) is 13.7. The van der Waals surface area contributed by atoms with Crippen molar-refractivity contribution < 1.29 is 4.74 Å². The van der Waals surface area contributed by atoms with Crippen molar-refractivity contribution in [1.82, 2.24) is 4.90 Å². The second kappa shape index (κ2) is 7.01. The summed E-state index contributed by atoms with van der Waals surface area (Å²) in [5, 5.41) is 0.772. The van der Waals surface area contributed by atoms with Crippen molar-refractivity contribution >= 4 is 11.6 Å². The van der Waals surface area contributed by atoms with E-state index in [1.54, 1.807) is 0 Å². The minimum absolute atomic E-state index is 0.772. The van der Waals surface area contributed by atoms with E-state index >= 15 is 0 Å². The maximum atomic E-state index is 5.91. The van der Waals surface area contributed by atoms with Gasteiger partial charge in [0.15, 0.2) is 0 Å². The summed E-state index contributed by atoms with van der Waals surface area (Å²) in [5.41, 5.74) is 1.11. The molecule has 1 saturated heterocycles. The Morgan fingerprint density at radius 3 is 2.72 bits per heavy atom. The molecular weight excluding hydrogens is 246 g/mol. The number of unbranched alkanes of at least 4 members (excludes halogenated alkanes) is 1. The monoisotopic (exact) mass is 267 g/mol. The molecule has 1 heterocycles. The van der Waals surface area contributed by atoms with Crippen molar-refractivity contribution in [2.75, 3.05) is 26.2 Å². The Bertz CT molecular complexity index is 375. The summed E-state index contributed by atoms with van der Waals surface area (Å²) >= 11 is 5.91. The van der Waals surface area contributed by atoms with Gasteiger partial charge in [-0.1, -0.05) is 11.6 Å². The van der Waals surface area contributed by atoms with Crippen LogP contribution >= 0.6 is 11.6 Å². The molecule has 100 valence electrons. The normalized spacial score (nSPS) is 16.1. The van der Waals surface area contributed by atoms with Gasteiger partial charge in [0.25, 0.3) is 0 Å². The highest BCUT2D eigenvalue weighted by Crippen LogP contribution is 2.22. The summed E-state index contributed by atoms with van der Waals surface area (Å²) in [4.78, 5) is 2.55. The van der Waals surface area contributed by atoms with Crippen LogP contribution in [-0.2, 0) is 0 Å². The van der Waals surface area contributed by atoms with Gasteiger partial charge in [0.2, 0.25) is 0 Å². The number of likely N-dealkylation sites (tertiary alicyclic amines) is 1. The van der Waals surface area contributed by atoms with Crippen molar-refractivity contribution in [3.8, 4) is 5.75 Å². The van der Waals surface area contributed by atoms with Gasteiger partial charge in [0.05, 0.1) is 6.61 Å². The fraction of sp³-hybridized carbons (Fsp3) is 0.600. The number of aryl methyl sites for hydroxylation is 1. The predicted molar refractivity (Wildman–Crippen MR) is 76.6 cm³/mol. The molecule has 0 amide bonds. The van der Waals surface area contributed by atoms with Gasteiger partial charge in [-0.05, 0) is 76.0 Å². The molecule has 1 fully saturated rings. The Morgan fingerprint density at radius 2 is 2.00 bits per heavy atom. The van der Waals surface area contributed by atoms with Gasteiger partial charge in [-0.2, -0.15) is 0 Å². The summed E-state index contributed by atoms with van der Waals surface area (Å²) in [6.45, 7) is 6.64. The molecule has 18 heavy (non-hydrogen) atoms. The number of nitrogens with zero attached hydrogens (tertiary/aromatic N) is 1. The van der Waals surface area contributed by atoms with Crippen LogP contribution < -0.4 is 4.74 Å². The second-order valence-corrected chi connectivity index (χ2v) is 5.45. The summed E-state index contributed by atoms with van der Waals surface area (Å²) < 4.78 is 5.78. The fourth-order valence-corrected chi connectivity index (χ4v) is 2.63. The average molecular weight is 268 g/mol. The number of rotatable bonds is 6. The van der Waals surface area contributed by atoms with Gasteiger partial charge in [0, 0.05) is 5.02 Å². The minimum atomic E-state index is 0.772. The van der Waals surface area contributed by atoms with E-state index in [9.17, 15) is 0 Å². The molecule has 2 rings (SSSR count). The third-order valence-corrected chi connectivity index (χ3v) is 3.70. The van der Waals surface area contributed by atoms with E-state index in [0.717, 1.165) is 29.4 Å². The Kier molecular flexibility index (Phi) is 5.33. The molecule has 1 aliphatic rings. The summed E-state index contributed by atoms with van der Waals surface area (Å²) in [6.07, 6.45) is 5.10. The van der Waals surface area contributed by atoms with E-state index in [1.165, 1.54) is 38.9 Å². The smallest absolute Gasteiger partial charge is 0.122 e. The Morgan fingerprint density at radius 1 is 1.22 bits per heavy atom. The van der Waals surface area contributed by atoms with Crippen LogP contribution in [0.1, 0.15) is 31.2 Å². The number of benzene rings is 1. The molecule has 3 heteroatoms. The maximum Gasteiger partial charge on any atom is 0.122 e. The van der Waals surface area contributed by atoms with Crippen molar-refractivity contribution in [2.24, 2.45) is 0 Å². The zero-order valence-electron chi connectivity index (χ0n) is 11.1. The van der Waals surface area contributed by atoms with Crippen LogP contribution in [0.25, 0.3) is 0 Å². The molecule has 0 bridgehead atoms. The van der Waals surface area contributed by atoms with Crippen LogP contribution in [0.4, 0.5) is 0 Å². The van der Waals surface area contributed by atoms with Gasteiger partial charge in [0.1, 0.15) is 5.75 Å². The SMILES string of the molecule is Cc1cc(Cl)ccc1OCCCCN1CCCC1. The number of ether oxygens (including phenoxy) is 1. The molecule has 0 N–H and O–H groups in total. The van der Waals surface area contributed by atoms with Crippen LogP contribution in [0, 0.1) is 6.92 Å². The van der Waals surface area contributed by atoms with Gasteiger partial charge < -0.3 is 9.64 Å². The first-order valence-corrected chi connectivity index (χ1v) is 7.25. The Hall–Kier alpha value is -0.730. The number of halogens is 1. The molecule has 0 radical (unpaired) electrons. The lowest BCUT2D eigenvalue weighted by atomic mass is 10.2. The molecule has 0 unspecified atom stereocenters. The predicted octanol–water partition coefficient (Wildman–Crippen LogP) is 3.90. The third-order valence-electron chi connectivity index (χ3n) is 3.46. The first-order chi connectivity index (χ1) is 8.75. The van der Waals surface area contributed by atoms with Gasteiger partial charge in [-0.25, -0.2) is 0 Å². The van der Waals surface area contributed by atoms with E-state index in [2.05, 4.69) is 4.90 Å². The van der Waals surface area contributed by atoms with Gasteiger partial charge in [-0.3, -0.25) is 0 Å². The zero-order chi connectivity index (χ0) is 12.8. The van der Waals surface area contributed by atoms with Crippen LogP contribution in [0.2, 0.25) is 5.02 Å². The molecule has 1 aromatic carbocycles. The van der Waals surface area contributed by atoms with E-state index in [4.69, 9.17) is 16.3 Å². The largest absolute Gasteiger partial charge is 0.493 e. The van der Waals surface area contributed by atoms with Gasteiger partial charge in [-0.15, -0.1) is 0 Å². The summed E-state index contributed by atoms with van der Waals surface area (Å²) in [5.74, 6) is 0.959. The molecule has 0 atom stereocenters. The molecule has 0 aromatic heterocycles. The first-order valence-electron chi connectivity index (χ1n) is 6.87. The van der Waals surface area contributed by atoms with Crippen LogP contribution in [0.3, 0.4) is 0 Å². The van der Waals surface area contributed by atoms with Crippen molar-refractivity contribution in [1.29, 1.82) is 0 Å². The van der Waals surface area contributed by atoms with Crippen molar-refractivity contribution in [3.63, 3.8) is 0 Å². The Labute approximate surface area is 115 Å². The summed E-state index contributed by atoms with van der Waals surface area (Å²) in [7, 11) is 0. The van der Waals surface area contributed by atoms with Gasteiger partial charge >= 0.3 is 0 Å². The molecule has 0 spiro atoms. The standard InChI is InChI=1S/C15H22ClNO/c1-13-12-14(16)6-7-15(13)18-11-5-4-10-17-8-2-3-9-17/h6-7,12H,2-5,8-11H2,1H3. The highest BCUT2D eigenvalue weighted by molar-refractivity contribution is 6.30. The van der Waals surface area contributed by atoms with Crippen LogP contribution in [-0.4, -0.2) is 31.1 Å². The molecule has 2 nitrogen and oxygen atoms in total. The molecule has 1 aromatic rings. The lowest BCUT2D eigenvalue weighted by Crippen LogP contribution is -2.20. The van der Waals surface area contributed by atoms with E-state index < -0.39 is 0 Å². The molecule has 0 saturated carbocycles. The lowest BCUT2D eigenvalue weighted by Gasteiger charge is -2.14. The molecule has 1 aliphatic heterocycles. The third kappa shape index (κ3) is 4.18. The number of hydrogen-bond acceptors (Lipinski definition) is 2. The minimum Gasteiger partial charge on any atom is -0.493 e. The van der Waals surface area contributed by atoms with Crippen LogP contribution in [0.15, 0.2) is 18.2 Å². The maximum absolute atomic E-state index is 5.91. The molecule has 0 aliphatic carbocycles. The van der Waals surface area contributed by atoms with E-state index in [1.807, 2.05) is 25.1 Å². The molecular formula is C15H22ClNO. The van der Waals surface area contributed by atoms with Crippen molar-refractivity contribution in [3.05, 3.63) is 28.8 Å².